The van der Waals surface area contributed by atoms with Crippen molar-refractivity contribution in [2.75, 3.05) is 19.6 Å². The maximum absolute atomic E-state index is 12.0. The second kappa shape index (κ2) is 5.09. The number of rotatable bonds is 4. The molecular weight excluding hydrogens is 259 g/mol. The van der Waals surface area contributed by atoms with Gasteiger partial charge in [0.2, 0.25) is 0 Å². The van der Waals surface area contributed by atoms with E-state index in [0.717, 1.165) is 4.31 Å². The van der Waals surface area contributed by atoms with Crippen molar-refractivity contribution in [1.82, 2.24) is 9.03 Å². The fourth-order valence-corrected chi connectivity index (χ4v) is 3.39. The molecule has 102 valence electrons. The van der Waals surface area contributed by atoms with Crippen molar-refractivity contribution in [3.05, 3.63) is 0 Å². The van der Waals surface area contributed by atoms with E-state index < -0.39 is 29.0 Å². The first-order chi connectivity index (χ1) is 7.67. The van der Waals surface area contributed by atoms with Crippen molar-refractivity contribution in [3.8, 4) is 0 Å². The predicted octanol–water partition coefficient (Wildman–Crippen LogP) is 0.0522. The molecule has 1 heterocycles. The van der Waals surface area contributed by atoms with Crippen molar-refractivity contribution in [2.24, 2.45) is 11.7 Å². The smallest absolute Gasteiger partial charge is 0.329 e. The first-order valence-corrected chi connectivity index (χ1v) is 6.64. The van der Waals surface area contributed by atoms with Crippen LogP contribution in [0.4, 0.5) is 13.2 Å². The summed E-state index contributed by atoms with van der Waals surface area (Å²) in [5, 5.41) is 0. The number of alkyl halides is 3. The molecule has 0 aromatic heterocycles. The molecule has 0 amide bonds. The van der Waals surface area contributed by atoms with Crippen molar-refractivity contribution >= 4 is 10.2 Å². The van der Waals surface area contributed by atoms with Crippen LogP contribution in [0, 0.1) is 5.92 Å². The van der Waals surface area contributed by atoms with Gasteiger partial charge in [-0.1, -0.05) is 6.92 Å². The Hall–Kier alpha value is -0.380. The van der Waals surface area contributed by atoms with E-state index >= 15 is 0 Å². The topological polar surface area (TPSA) is 75.4 Å². The minimum absolute atomic E-state index is 0.0578. The molecule has 0 bridgehead atoms. The molecule has 1 rings (SSSR count). The van der Waals surface area contributed by atoms with E-state index in [-0.39, 0.29) is 19.0 Å². The maximum Gasteiger partial charge on any atom is 0.402 e. The summed E-state index contributed by atoms with van der Waals surface area (Å²) in [5.41, 5.74) is 5.44. The summed E-state index contributed by atoms with van der Waals surface area (Å²) in [6.07, 6.45) is -3.95. The molecule has 9 heteroatoms. The fraction of sp³-hybridized carbons (Fsp3) is 1.00. The summed E-state index contributed by atoms with van der Waals surface area (Å²) < 4.78 is 61.7. The van der Waals surface area contributed by atoms with Crippen LogP contribution in [0.3, 0.4) is 0 Å². The van der Waals surface area contributed by atoms with Gasteiger partial charge >= 0.3 is 6.18 Å². The molecule has 5 nitrogen and oxygen atoms in total. The fourth-order valence-electron chi connectivity index (χ4n) is 1.88. The number of nitrogens with one attached hydrogen (secondary N) is 1. The molecule has 1 aliphatic heterocycles. The summed E-state index contributed by atoms with van der Waals surface area (Å²) in [7, 11) is -4.10. The van der Waals surface area contributed by atoms with Gasteiger partial charge in [0.25, 0.3) is 10.2 Å². The third kappa shape index (κ3) is 3.80. The largest absolute Gasteiger partial charge is 0.402 e. The third-order valence-corrected chi connectivity index (χ3v) is 4.42. The van der Waals surface area contributed by atoms with Crippen LogP contribution < -0.4 is 10.5 Å². The van der Waals surface area contributed by atoms with Gasteiger partial charge in [0.15, 0.2) is 0 Å². The molecule has 3 N–H and O–H groups in total. The highest BCUT2D eigenvalue weighted by atomic mass is 32.2. The van der Waals surface area contributed by atoms with E-state index in [9.17, 15) is 21.6 Å². The van der Waals surface area contributed by atoms with E-state index in [4.69, 9.17) is 5.73 Å². The van der Waals surface area contributed by atoms with Crippen LogP contribution in [-0.4, -0.2) is 44.6 Å². The molecule has 2 atom stereocenters. The van der Waals surface area contributed by atoms with Crippen LogP contribution in [0.1, 0.15) is 13.3 Å². The highest BCUT2D eigenvalue weighted by Gasteiger charge is 2.39. The summed E-state index contributed by atoms with van der Waals surface area (Å²) in [6, 6.07) is -0.430. The number of hydrogen-bond acceptors (Lipinski definition) is 3. The number of halogens is 3. The lowest BCUT2D eigenvalue weighted by molar-refractivity contribution is -0.121. The molecule has 1 aliphatic rings. The summed E-state index contributed by atoms with van der Waals surface area (Å²) in [4.78, 5) is 0. The van der Waals surface area contributed by atoms with Gasteiger partial charge in [0.1, 0.15) is 6.54 Å². The van der Waals surface area contributed by atoms with Crippen molar-refractivity contribution in [2.45, 2.75) is 25.6 Å². The molecule has 2 unspecified atom stereocenters. The highest BCUT2D eigenvalue weighted by molar-refractivity contribution is 7.87. The van der Waals surface area contributed by atoms with E-state index in [2.05, 4.69) is 0 Å². The molecule has 0 aromatic carbocycles. The Balaban J connectivity index is 2.71. The Morgan fingerprint density at radius 2 is 2.06 bits per heavy atom. The monoisotopic (exact) mass is 275 g/mol. The van der Waals surface area contributed by atoms with Crippen LogP contribution in [0.25, 0.3) is 0 Å². The van der Waals surface area contributed by atoms with Gasteiger partial charge in [-0.3, -0.25) is 0 Å². The minimum atomic E-state index is -4.56. The molecule has 0 aromatic rings. The average Bonchev–Trinajstić information content (AvgIpc) is 2.56. The molecule has 17 heavy (non-hydrogen) atoms. The van der Waals surface area contributed by atoms with Crippen molar-refractivity contribution in [1.29, 1.82) is 0 Å². The molecule has 0 saturated carbocycles. The lowest BCUT2D eigenvalue weighted by Crippen LogP contribution is -2.49. The predicted molar refractivity (Wildman–Crippen MR) is 56.3 cm³/mol. The van der Waals surface area contributed by atoms with Gasteiger partial charge in [0.05, 0.1) is 0 Å². The van der Waals surface area contributed by atoms with Gasteiger partial charge in [0, 0.05) is 19.1 Å². The summed E-state index contributed by atoms with van der Waals surface area (Å²) in [6.45, 7) is 0.582. The Bertz CT molecular complexity index is 358. The Morgan fingerprint density at radius 1 is 1.47 bits per heavy atom. The lowest BCUT2D eigenvalue weighted by Gasteiger charge is -2.25. The second-order valence-electron chi connectivity index (χ2n) is 4.12. The summed E-state index contributed by atoms with van der Waals surface area (Å²) >= 11 is 0. The van der Waals surface area contributed by atoms with Crippen LogP contribution >= 0.6 is 0 Å². The summed E-state index contributed by atoms with van der Waals surface area (Å²) in [5.74, 6) is 0.0578. The molecule has 0 radical (unpaired) electrons. The Labute approximate surface area is 98.3 Å². The zero-order valence-electron chi connectivity index (χ0n) is 9.37. The van der Waals surface area contributed by atoms with Gasteiger partial charge < -0.3 is 5.73 Å². The van der Waals surface area contributed by atoms with Crippen LogP contribution in [-0.2, 0) is 10.2 Å². The van der Waals surface area contributed by atoms with Crippen LogP contribution in [0.5, 0.6) is 0 Å². The Morgan fingerprint density at radius 3 is 2.53 bits per heavy atom. The highest BCUT2D eigenvalue weighted by Crippen LogP contribution is 2.25. The van der Waals surface area contributed by atoms with Crippen LogP contribution in [0.2, 0.25) is 0 Å². The van der Waals surface area contributed by atoms with Gasteiger partial charge in [-0.05, 0) is 12.3 Å². The average molecular weight is 275 g/mol. The second-order valence-corrected chi connectivity index (χ2v) is 5.83. The molecular formula is C8H16F3N3O2S. The van der Waals surface area contributed by atoms with Gasteiger partial charge in [-0.25, -0.2) is 0 Å². The zero-order chi connectivity index (χ0) is 13.3. The SMILES string of the molecule is CC1CCN(S(=O)(=O)NCC(F)(F)F)C1CN. The normalized spacial score (nSPS) is 27.6. The quantitative estimate of drug-likeness (QED) is 0.761. The van der Waals surface area contributed by atoms with Crippen molar-refractivity contribution in [3.63, 3.8) is 0 Å². The van der Waals surface area contributed by atoms with Gasteiger partial charge in [-0.15, -0.1) is 0 Å². The van der Waals surface area contributed by atoms with E-state index in [0.29, 0.717) is 6.42 Å². The Kier molecular flexibility index (Phi) is 4.39. The number of nitrogens with two attached hydrogens (primary N) is 1. The zero-order valence-corrected chi connectivity index (χ0v) is 10.2. The number of hydrogen-bond donors (Lipinski definition) is 2. The molecule has 1 fully saturated rings. The first-order valence-electron chi connectivity index (χ1n) is 5.20. The maximum atomic E-state index is 12.0. The van der Waals surface area contributed by atoms with E-state index in [1.54, 1.807) is 4.72 Å². The first kappa shape index (κ1) is 14.7. The minimum Gasteiger partial charge on any atom is -0.329 e. The standard InChI is InChI=1S/C8H16F3N3O2S/c1-6-2-3-14(7(6)4-12)17(15,16)13-5-8(9,10)11/h6-7,13H,2-5,12H2,1H3. The number of nitrogens with zero attached hydrogens (tertiary/aromatic N) is 1. The van der Waals surface area contributed by atoms with E-state index in [1.807, 2.05) is 6.92 Å². The van der Waals surface area contributed by atoms with E-state index in [1.165, 1.54) is 0 Å². The molecule has 0 spiro atoms. The van der Waals surface area contributed by atoms with Gasteiger partial charge in [-0.2, -0.15) is 30.6 Å². The van der Waals surface area contributed by atoms with Crippen molar-refractivity contribution < 1.29 is 21.6 Å². The molecule has 1 saturated heterocycles. The third-order valence-electron chi connectivity index (χ3n) is 2.84. The lowest BCUT2D eigenvalue weighted by atomic mass is 10.0. The molecule has 0 aliphatic carbocycles. The van der Waals surface area contributed by atoms with Crippen LogP contribution in [0.15, 0.2) is 0 Å².